The predicted octanol–water partition coefficient (Wildman–Crippen LogP) is 3.07. The van der Waals surface area contributed by atoms with Crippen molar-refractivity contribution >= 4 is 5.97 Å². The fourth-order valence-corrected chi connectivity index (χ4v) is 2.08. The van der Waals surface area contributed by atoms with Crippen molar-refractivity contribution in [2.24, 2.45) is 0 Å². The summed E-state index contributed by atoms with van der Waals surface area (Å²) in [5.74, 6) is -1.08. The Kier molecular flexibility index (Phi) is 5.28. The molecule has 1 aromatic carbocycles. The first-order valence-corrected chi connectivity index (χ1v) is 6.14. The molecule has 1 unspecified atom stereocenters. The summed E-state index contributed by atoms with van der Waals surface area (Å²) in [6, 6.07) is 6.66. The van der Waals surface area contributed by atoms with Gasteiger partial charge in [-0.25, -0.2) is 4.39 Å². The van der Waals surface area contributed by atoms with Gasteiger partial charge in [0.05, 0.1) is 6.42 Å². The van der Waals surface area contributed by atoms with Gasteiger partial charge < -0.3 is 5.11 Å². The van der Waals surface area contributed by atoms with Gasteiger partial charge in [0.2, 0.25) is 0 Å². The molecule has 0 amide bonds. The molecule has 100 valence electrons. The van der Waals surface area contributed by atoms with Gasteiger partial charge in [0, 0.05) is 18.6 Å². The number of aliphatic carboxylic acids is 1. The smallest absolute Gasteiger partial charge is 0.304 e. The van der Waals surface area contributed by atoms with Crippen LogP contribution in [0, 0.1) is 5.82 Å². The Labute approximate surface area is 107 Å². The highest BCUT2D eigenvalue weighted by molar-refractivity contribution is 5.66. The monoisotopic (exact) mass is 253 g/mol. The van der Waals surface area contributed by atoms with Crippen LogP contribution in [0.4, 0.5) is 4.39 Å². The largest absolute Gasteiger partial charge is 0.481 e. The van der Waals surface area contributed by atoms with Gasteiger partial charge >= 0.3 is 5.97 Å². The zero-order valence-corrected chi connectivity index (χ0v) is 11.1. The number of hydrogen-bond acceptors (Lipinski definition) is 2. The van der Waals surface area contributed by atoms with E-state index < -0.39 is 5.97 Å². The van der Waals surface area contributed by atoms with Crippen LogP contribution in [0.1, 0.15) is 38.8 Å². The van der Waals surface area contributed by atoms with Gasteiger partial charge in [-0.15, -0.1) is 0 Å². The summed E-state index contributed by atoms with van der Waals surface area (Å²) in [6.45, 7) is 6.45. The molecule has 0 aliphatic heterocycles. The lowest BCUT2D eigenvalue weighted by Gasteiger charge is -2.32. The minimum atomic E-state index is -0.813. The average molecular weight is 253 g/mol. The number of hydrogen-bond donors (Lipinski definition) is 1. The van der Waals surface area contributed by atoms with Crippen molar-refractivity contribution in [3.05, 3.63) is 35.6 Å². The molecule has 18 heavy (non-hydrogen) atoms. The lowest BCUT2D eigenvalue weighted by molar-refractivity contribution is -0.137. The van der Waals surface area contributed by atoms with E-state index in [0.29, 0.717) is 6.54 Å². The maximum absolute atomic E-state index is 13.2. The fourth-order valence-electron chi connectivity index (χ4n) is 2.08. The molecule has 4 heteroatoms. The Morgan fingerprint density at radius 2 is 2.06 bits per heavy atom. The highest BCUT2D eigenvalue weighted by atomic mass is 19.1. The lowest BCUT2D eigenvalue weighted by Crippen LogP contribution is -2.35. The Balaban J connectivity index is 2.82. The molecule has 1 aromatic rings. The second kappa shape index (κ2) is 6.50. The topological polar surface area (TPSA) is 40.5 Å². The van der Waals surface area contributed by atoms with E-state index in [1.165, 1.54) is 12.1 Å². The van der Waals surface area contributed by atoms with Crippen molar-refractivity contribution in [3.8, 4) is 0 Å². The van der Waals surface area contributed by atoms with E-state index in [9.17, 15) is 9.18 Å². The molecule has 0 saturated carbocycles. The van der Waals surface area contributed by atoms with Crippen molar-refractivity contribution in [1.29, 1.82) is 0 Å². The van der Waals surface area contributed by atoms with E-state index in [-0.39, 0.29) is 24.3 Å². The summed E-state index contributed by atoms with van der Waals surface area (Å²) < 4.78 is 13.2. The molecule has 0 aliphatic rings. The first-order valence-electron chi connectivity index (χ1n) is 6.14. The standard InChI is InChI=1S/C14H20FNO2/c1-10(2)16(8-7-14(17)18)11(3)12-5-4-6-13(15)9-12/h4-6,9-11H,7-8H2,1-3H3,(H,17,18). The number of halogens is 1. The van der Waals surface area contributed by atoms with E-state index in [0.717, 1.165) is 5.56 Å². The third-order valence-electron chi connectivity index (χ3n) is 3.08. The van der Waals surface area contributed by atoms with Crippen LogP contribution < -0.4 is 0 Å². The average Bonchev–Trinajstić information content (AvgIpc) is 2.28. The third-order valence-corrected chi connectivity index (χ3v) is 3.08. The van der Waals surface area contributed by atoms with Gasteiger partial charge in [-0.1, -0.05) is 12.1 Å². The maximum Gasteiger partial charge on any atom is 0.304 e. The molecular formula is C14H20FNO2. The molecule has 3 nitrogen and oxygen atoms in total. The van der Waals surface area contributed by atoms with Crippen LogP contribution >= 0.6 is 0 Å². The summed E-state index contributed by atoms with van der Waals surface area (Å²) >= 11 is 0. The SMILES string of the molecule is CC(C)N(CCC(=O)O)C(C)c1cccc(F)c1. The fraction of sp³-hybridized carbons (Fsp3) is 0.500. The van der Waals surface area contributed by atoms with Gasteiger partial charge in [-0.3, -0.25) is 9.69 Å². The van der Waals surface area contributed by atoms with Crippen LogP contribution in [-0.2, 0) is 4.79 Å². The van der Waals surface area contributed by atoms with Crippen LogP contribution in [0.25, 0.3) is 0 Å². The number of carbonyl (C=O) groups is 1. The van der Waals surface area contributed by atoms with Gasteiger partial charge in [0.15, 0.2) is 0 Å². The minimum Gasteiger partial charge on any atom is -0.481 e. The predicted molar refractivity (Wildman–Crippen MR) is 68.9 cm³/mol. The summed E-state index contributed by atoms with van der Waals surface area (Å²) in [5, 5.41) is 8.75. The van der Waals surface area contributed by atoms with Gasteiger partial charge in [-0.2, -0.15) is 0 Å². The normalized spacial score (nSPS) is 13.0. The Morgan fingerprint density at radius 3 is 2.56 bits per heavy atom. The van der Waals surface area contributed by atoms with Crippen LogP contribution in [0.15, 0.2) is 24.3 Å². The number of benzene rings is 1. The molecule has 0 radical (unpaired) electrons. The minimum absolute atomic E-state index is 0.0000463. The van der Waals surface area contributed by atoms with Crippen molar-refractivity contribution < 1.29 is 14.3 Å². The maximum atomic E-state index is 13.2. The summed E-state index contributed by atoms with van der Waals surface area (Å²) in [6.07, 6.45) is 0.0951. The van der Waals surface area contributed by atoms with Crippen molar-refractivity contribution in [3.63, 3.8) is 0 Å². The molecule has 0 aliphatic carbocycles. The molecule has 0 bridgehead atoms. The highest BCUT2D eigenvalue weighted by Crippen LogP contribution is 2.23. The Bertz CT molecular complexity index is 407. The lowest BCUT2D eigenvalue weighted by atomic mass is 10.0. The van der Waals surface area contributed by atoms with E-state index >= 15 is 0 Å². The summed E-state index contributed by atoms with van der Waals surface area (Å²) in [7, 11) is 0. The molecule has 1 atom stereocenters. The number of carboxylic acid groups (broad SMARTS) is 1. The van der Waals surface area contributed by atoms with Crippen molar-refractivity contribution in [2.45, 2.75) is 39.3 Å². The third kappa shape index (κ3) is 4.11. The van der Waals surface area contributed by atoms with Gasteiger partial charge in [0.25, 0.3) is 0 Å². The van der Waals surface area contributed by atoms with Gasteiger partial charge in [-0.05, 0) is 38.5 Å². The molecule has 0 heterocycles. The van der Waals surface area contributed by atoms with E-state index in [1.807, 2.05) is 26.8 Å². The Hall–Kier alpha value is -1.42. The van der Waals surface area contributed by atoms with Crippen LogP contribution in [0.2, 0.25) is 0 Å². The Morgan fingerprint density at radius 1 is 1.39 bits per heavy atom. The quantitative estimate of drug-likeness (QED) is 0.847. The molecule has 1 N–H and O–H groups in total. The van der Waals surface area contributed by atoms with Crippen LogP contribution in [-0.4, -0.2) is 28.6 Å². The number of nitrogens with zero attached hydrogens (tertiary/aromatic N) is 1. The molecule has 1 rings (SSSR count). The zero-order valence-electron chi connectivity index (χ0n) is 11.1. The second-order valence-corrected chi connectivity index (χ2v) is 4.71. The molecule has 0 aromatic heterocycles. The van der Waals surface area contributed by atoms with E-state index in [4.69, 9.17) is 5.11 Å². The second-order valence-electron chi connectivity index (χ2n) is 4.71. The molecule has 0 fully saturated rings. The number of carboxylic acids is 1. The first-order chi connectivity index (χ1) is 8.41. The summed E-state index contributed by atoms with van der Waals surface area (Å²) in [4.78, 5) is 12.7. The number of rotatable bonds is 6. The molecular weight excluding hydrogens is 233 g/mol. The van der Waals surface area contributed by atoms with Crippen molar-refractivity contribution in [2.75, 3.05) is 6.54 Å². The summed E-state index contributed by atoms with van der Waals surface area (Å²) in [5.41, 5.74) is 0.870. The van der Waals surface area contributed by atoms with E-state index in [2.05, 4.69) is 4.90 Å². The van der Waals surface area contributed by atoms with Crippen LogP contribution in [0.3, 0.4) is 0 Å². The first kappa shape index (κ1) is 14.6. The van der Waals surface area contributed by atoms with Gasteiger partial charge in [0.1, 0.15) is 5.82 Å². The van der Waals surface area contributed by atoms with E-state index in [1.54, 1.807) is 6.07 Å². The zero-order chi connectivity index (χ0) is 13.7. The van der Waals surface area contributed by atoms with Crippen molar-refractivity contribution in [1.82, 2.24) is 4.90 Å². The molecule has 0 spiro atoms. The van der Waals surface area contributed by atoms with Crippen LogP contribution in [0.5, 0.6) is 0 Å². The highest BCUT2D eigenvalue weighted by Gasteiger charge is 2.19. The molecule has 0 saturated heterocycles.